The highest BCUT2D eigenvalue weighted by atomic mass is 16.5. The van der Waals surface area contributed by atoms with Crippen LogP contribution in [0.15, 0.2) is 0 Å². The summed E-state index contributed by atoms with van der Waals surface area (Å²) < 4.78 is 4.69. The summed E-state index contributed by atoms with van der Waals surface area (Å²) in [7, 11) is 0. The molecule has 5 N–H and O–H groups in total. The summed E-state index contributed by atoms with van der Waals surface area (Å²) in [6.07, 6.45) is -5.58. The van der Waals surface area contributed by atoms with E-state index in [1.807, 2.05) is 0 Å². The molecule has 0 aromatic carbocycles. The first-order valence-electron chi connectivity index (χ1n) is 3.67. The van der Waals surface area contributed by atoms with Gasteiger partial charge in [-0.25, -0.2) is 5.48 Å². The van der Waals surface area contributed by atoms with Crippen LogP contribution in [0.25, 0.3) is 0 Å². The van der Waals surface area contributed by atoms with Crippen molar-refractivity contribution < 1.29 is 30.1 Å². The third-order valence-electron chi connectivity index (χ3n) is 1.87. The lowest BCUT2D eigenvalue weighted by atomic mass is 10.00. The lowest BCUT2D eigenvalue weighted by Gasteiger charge is -2.33. The molecule has 1 saturated heterocycles. The molecule has 0 unspecified atom stereocenters. The number of rotatable bonds is 1. The molecule has 7 heteroatoms. The molecule has 0 spiro atoms. The number of aliphatic hydroxyl groups is 3. The van der Waals surface area contributed by atoms with E-state index in [1.165, 1.54) is 5.48 Å². The average molecular weight is 193 g/mol. The van der Waals surface area contributed by atoms with E-state index in [4.69, 9.17) is 20.2 Å². The van der Waals surface area contributed by atoms with Crippen LogP contribution in [0, 0.1) is 0 Å². The fourth-order valence-electron chi connectivity index (χ4n) is 1.10. The summed E-state index contributed by atoms with van der Waals surface area (Å²) in [4.78, 5) is 10.8. The van der Waals surface area contributed by atoms with Crippen molar-refractivity contribution in [3.63, 3.8) is 0 Å². The molecule has 1 rings (SSSR count). The van der Waals surface area contributed by atoms with Gasteiger partial charge < -0.3 is 20.1 Å². The minimum Gasteiger partial charge on any atom is -0.388 e. The molecule has 1 fully saturated rings. The second kappa shape index (κ2) is 3.99. The molecule has 0 aromatic rings. The molecule has 1 amide bonds. The summed E-state index contributed by atoms with van der Waals surface area (Å²) >= 11 is 0. The standard InChI is InChI=1S/C6H11NO6/c8-2-1-13-5(6(11)7-12)4(10)3(2)9/h2-5,8-10,12H,1H2,(H,7,11)/t2-,3+,4-,5-/m0/s1. The summed E-state index contributed by atoms with van der Waals surface area (Å²) in [5, 5.41) is 35.5. The molecule has 13 heavy (non-hydrogen) atoms. The van der Waals surface area contributed by atoms with Gasteiger partial charge in [0.15, 0.2) is 6.10 Å². The van der Waals surface area contributed by atoms with E-state index in [-0.39, 0.29) is 6.61 Å². The van der Waals surface area contributed by atoms with Crippen LogP contribution in [0.1, 0.15) is 0 Å². The molecule has 1 aliphatic rings. The molecule has 76 valence electrons. The number of hydrogen-bond acceptors (Lipinski definition) is 6. The van der Waals surface area contributed by atoms with E-state index >= 15 is 0 Å². The van der Waals surface area contributed by atoms with E-state index in [1.54, 1.807) is 0 Å². The van der Waals surface area contributed by atoms with Crippen LogP contribution in [0.2, 0.25) is 0 Å². The van der Waals surface area contributed by atoms with E-state index in [9.17, 15) is 9.90 Å². The average Bonchev–Trinajstić information content (AvgIpc) is 2.13. The zero-order valence-corrected chi connectivity index (χ0v) is 6.62. The highest BCUT2D eigenvalue weighted by Crippen LogP contribution is 2.15. The van der Waals surface area contributed by atoms with Crippen LogP contribution in [-0.4, -0.2) is 57.5 Å². The number of hydroxylamine groups is 1. The lowest BCUT2D eigenvalue weighted by molar-refractivity contribution is -0.196. The SMILES string of the molecule is O=C(NO)[C@H]1OC[C@H](O)[C@@H](O)[C@@H]1O. The molecule has 4 atom stereocenters. The molecule has 1 heterocycles. The quantitative estimate of drug-likeness (QED) is 0.223. The van der Waals surface area contributed by atoms with Crippen LogP contribution in [0.3, 0.4) is 0 Å². The van der Waals surface area contributed by atoms with Gasteiger partial charge in [0.25, 0.3) is 5.91 Å². The Labute approximate surface area is 73.5 Å². The molecule has 0 aliphatic carbocycles. The predicted octanol–water partition coefficient (Wildman–Crippen LogP) is -3.03. The molecular formula is C6H11NO6. The molecule has 1 aliphatic heterocycles. The van der Waals surface area contributed by atoms with Gasteiger partial charge in [0.1, 0.15) is 18.3 Å². The topological polar surface area (TPSA) is 119 Å². The number of amides is 1. The van der Waals surface area contributed by atoms with Crippen molar-refractivity contribution in [3.8, 4) is 0 Å². The third-order valence-corrected chi connectivity index (χ3v) is 1.87. The Morgan fingerprint density at radius 3 is 2.46 bits per heavy atom. The normalized spacial score (nSPS) is 40.0. The second-order valence-electron chi connectivity index (χ2n) is 2.78. The molecule has 0 bridgehead atoms. The Morgan fingerprint density at radius 2 is 1.92 bits per heavy atom. The van der Waals surface area contributed by atoms with Gasteiger partial charge in [0.2, 0.25) is 0 Å². The molecule has 0 radical (unpaired) electrons. The van der Waals surface area contributed by atoms with Crippen LogP contribution in [0.5, 0.6) is 0 Å². The van der Waals surface area contributed by atoms with E-state index in [0.717, 1.165) is 0 Å². The number of hydrogen-bond donors (Lipinski definition) is 5. The van der Waals surface area contributed by atoms with Crippen LogP contribution in [0.4, 0.5) is 0 Å². The van der Waals surface area contributed by atoms with Gasteiger partial charge >= 0.3 is 0 Å². The largest absolute Gasteiger partial charge is 0.388 e. The Hall–Kier alpha value is -0.730. The summed E-state index contributed by atoms with van der Waals surface area (Å²) in [5.74, 6) is -0.960. The van der Waals surface area contributed by atoms with E-state index in [2.05, 4.69) is 0 Å². The van der Waals surface area contributed by atoms with Crippen molar-refractivity contribution in [2.75, 3.05) is 6.61 Å². The third kappa shape index (κ3) is 1.95. The lowest BCUT2D eigenvalue weighted by Crippen LogP contribution is -2.57. The van der Waals surface area contributed by atoms with Crippen molar-refractivity contribution in [3.05, 3.63) is 0 Å². The van der Waals surface area contributed by atoms with Crippen LogP contribution < -0.4 is 5.48 Å². The van der Waals surface area contributed by atoms with Gasteiger partial charge in [0, 0.05) is 0 Å². The monoisotopic (exact) mass is 193 g/mol. The van der Waals surface area contributed by atoms with Gasteiger partial charge in [-0.05, 0) is 0 Å². The number of aliphatic hydroxyl groups excluding tert-OH is 3. The van der Waals surface area contributed by atoms with E-state index in [0.29, 0.717) is 0 Å². The van der Waals surface area contributed by atoms with Crippen LogP contribution in [-0.2, 0) is 9.53 Å². The summed E-state index contributed by atoms with van der Waals surface area (Å²) in [6.45, 7) is -0.268. The highest BCUT2D eigenvalue weighted by Gasteiger charge is 2.41. The van der Waals surface area contributed by atoms with Gasteiger partial charge in [-0.3, -0.25) is 10.0 Å². The van der Waals surface area contributed by atoms with Crippen molar-refractivity contribution in [1.82, 2.24) is 5.48 Å². The Balaban J connectivity index is 2.63. The minimum absolute atomic E-state index is 0.268. The van der Waals surface area contributed by atoms with Gasteiger partial charge in [-0.1, -0.05) is 0 Å². The minimum atomic E-state index is -1.55. The second-order valence-corrected chi connectivity index (χ2v) is 2.78. The van der Waals surface area contributed by atoms with Gasteiger partial charge in [-0.2, -0.15) is 0 Å². The Kier molecular flexibility index (Phi) is 3.17. The van der Waals surface area contributed by atoms with Gasteiger partial charge in [-0.15, -0.1) is 0 Å². The maximum absolute atomic E-state index is 10.8. The zero-order chi connectivity index (χ0) is 10.0. The van der Waals surface area contributed by atoms with Crippen molar-refractivity contribution in [1.29, 1.82) is 0 Å². The maximum Gasteiger partial charge on any atom is 0.275 e. The maximum atomic E-state index is 10.8. The molecule has 0 saturated carbocycles. The Morgan fingerprint density at radius 1 is 1.31 bits per heavy atom. The first kappa shape index (κ1) is 10.4. The van der Waals surface area contributed by atoms with E-state index < -0.39 is 30.3 Å². The zero-order valence-electron chi connectivity index (χ0n) is 6.62. The smallest absolute Gasteiger partial charge is 0.275 e. The number of ether oxygens (including phenoxy) is 1. The number of nitrogens with one attached hydrogen (secondary N) is 1. The van der Waals surface area contributed by atoms with Crippen molar-refractivity contribution >= 4 is 5.91 Å². The van der Waals surface area contributed by atoms with Crippen LogP contribution >= 0.6 is 0 Å². The fourth-order valence-corrected chi connectivity index (χ4v) is 1.10. The molecule has 0 aromatic heterocycles. The Bertz CT molecular complexity index is 198. The first-order valence-corrected chi connectivity index (χ1v) is 3.67. The highest BCUT2D eigenvalue weighted by molar-refractivity contribution is 5.80. The van der Waals surface area contributed by atoms with Crippen molar-refractivity contribution in [2.45, 2.75) is 24.4 Å². The summed E-state index contributed by atoms with van der Waals surface area (Å²) in [6, 6.07) is 0. The number of carbonyl (C=O) groups is 1. The first-order chi connectivity index (χ1) is 6.07. The molecular weight excluding hydrogens is 182 g/mol. The molecule has 7 nitrogen and oxygen atoms in total. The number of carbonyl (C=O) groups excluding carboxylic acids is 1. The van der Waals surface area contributed by atoms with Crippen molar-refractivity contribution in [2.24, 2.45) is 0 Å². The fraction of sp³-hybridized carbons (Fsp3) is 0.833. The summed E-state index contributed by atoms with van der Waals surface area (Å²) in [5.41, 5.74) is 1.28. The van der Waals surface area contributed by atoms with Gasteiger partial charge in [0.05, 0.1) is 6.61 Å². The predicted molar refractivity (Wildman–Crippen MR) is 37.7 cm³/mol.